The minimum Gasteiger partial charge on any atom is -0.305 e. The summed E-state index contributed by atoms with van der Waals surface area (Å²) in [7, 11) is 0. The van der Waals surface area contributed by atoms with Gasteiger partial charge in [0, 0.05) is 17.6 Å². The molecule has 1 rings (SSSR count). The Kier molecular flexibility index (Phi) is 4.55. The lowest BCUT2D eigenvalue weighted by Crippen LogP contribution is -2.35. The highest BCUT2D eigenvalue weighted by molar-refractivity contribution is 7.09. The smallest absolute Gasteiger partial charge is 0.109 e. The van der Waals surface area contributed by atoms with Crippen LogP contribution in [0.2, 0.25) is 0 Å². The van der Waals surface area contributed by atoms with Crippen LogP contribution >= 0.6 is 11.3 Å². The number of nitrogens with zero attached hydrogens (tertiary/aromatic N) is 1. The molecule has 3 heteroatoms. The van der Waals surface area contributed by atoms with Crippen molar-refractivity contribution in [3.8, 4) is 0 Å². The quantitative estimate of drug-likeness (QED) is 0.810. The fraction of sp³-hybridized carbons (Fsp3) is 0.727. The fourth-order valence-electron chi connectivity index (χ4n) is 1.62. The predicted octanol–water partition coefficient (Wildman–Crippen LogP) is 3.23. The molecule has 1 aromatic heterocycles. The van der Waals surface area contributed by atoms with E-state index in [1.807, 2.05) is 11.6 Å². The van der Waals surface area contributed by atoms with Crippen LogP contribution in [0.1, 0.15) is 45.2 Å². The first-order valence-electron chi connectivity index (χ1n) is 5.30. The molecule has 1 N–H and O–H groups in total. The molecule has 0 fully saturated rings. The van der Waals surface area contributed by atoms with E-state index in [4.69, 9.17) is 0 Å². The van der Waals surface area contributed by atoms with E-state index in [1.165, 1.54) is 11.4 Å². The molecule has 0 aromatic carbocycles. The summed E-state index contributed by atoms with van der Waals surface area (Å²) in [5.74, 6) is 0.683. The molecular weight excluding hydrogens is 192 g/mol. The lowest BCUT2D eigenvalue weighted by molar-refractivity contribution is 0.355. The molecule has 2 unspecified atom stereocenters. The summed E-state index contributed by atoms with van der Waals surface area (Å²) in [6, 6.07) is 0.969. The molecule has 0 saturated heterocycles. The molecule has 0 aliphatic heterocycles. The third-order valence-corrected chi connectivity index (χ3v) is 3.49. The van der Waals surface area contributed by atoms with Gasteiger partial charge in [0.1, 0.15) is 5.01 Å². The van der Waals surface area contributed by atoms with Gasteiger partial charge in [-0.2, -0.15) is 0 Å². The zero-order valence-electron chi connectivity index (χ0n) is 9.45. The highest BCUT2D eigenvalue weighted by Gasteiger charge is 2.15. The first-order chi connectivity index (χ1) is 6.65. The molecule has 0 bridgehead atoms. The van der Waals surface area contributed by atoms with Gasteiger partial charge >= 0.3 is 0 Å². The van der Waals surface area contributed by atoms with E-state index in [0.29, 0.717) is 18.0 Å². The molecule has 80 valence electrons. The molecule has 0 amide bonds. The Morgan fingerprint density at radius 2 is 2.14 bits per heavy atom. The van der Waals surface area contributed by atoms with Gasteiger partial charge in [0.05, 0.1) is 6.04 Å². The summed E-state index contributed by atoms with van der Waals surface area (Å²) in [6.07, 6.45) is 3.04. The number of nitrogens with one attached hydrogen (secondary N) is 1. The Labute approximate surface area is 90.8 Å². The van der Waals surface area contributed by atoms with Crippen LogP contribution in [-0.4, -0.2) is 11.0 Å². The third kappa shape index (κ3) is 3.07. The summed E-state index contributed by atoms with van der Waals surface area (Å²) in [5, 5.41) is 6.83. The standard InChI is InChI=1S/C11H20N2S/c1-5-10(8(2)3)13-9(4)11-12-6-7-14-11/h6-10,13H,5H2,1-4H3. The Balaban J connectivity index is 2.51. The lowest BCUT2D eigenvalue weighted by Gasteiger charge is -2.24. The number of hydrogen-bond donors (Lipinski definition) is 1. The fourth-order valence-corrected chi connectivity index (χ4v) is 2.28. The summed E-state index contributed by atoms with van der Waals surface area (Å²) in [4.78, 5) is 4.32. The highest BCUT2D eigenvalue weighted by atomic mass is 32.1. The van der Waals surface area contributed by atoms with Crippen LogP contribution in [0, 0.1) is 5.92 Å². The molecule has 2 nitrogen and oxygen atoms in total. The molecule has 2 atom stereocenters. The number of thiazole rings is 1. The third-order valence-electron chi connectivity index (χ3n) is 2.53. The topological polar surface area (TPSA) is 24.9 Å². The Morgan fingerprint density at radius 1 is 1.43 bits per heavy atom. The van der Waals surface area contributed by atoms with Crippen molar-refractivity contribution < 1.29 is 0 Å². The summed E-state index contributed by atoms with van der Waals surface area (Å²) >= 11 is 1.72. The van der Waals surface area contributed by atoms with Crippen molar-refractivity contribution >= 4 is 11.3 Å². The van der Waals surface area contributed by atoms with Crippen LogP contribution in [0.15, 0.2) is 11.6 Å². The Morgan fingerprint density at radius 3 is 2.57 bits per heavy atom. The van der Waals surface area contributed by atoms with Gasteiger partial charge in [-0.25, -0.2) is 4.98 Å². The van der Waals surface area contributed by atoms with Crippen molar-refractivity contribution in [2.75, 3.05) is 0 Å². The molecular formula is C11H20N2S. The number of hydrogen-bond acceptors (Lipinski definition) is 3. The van der Waals surface area contributed by atoms with Crippen molar-refractivity contribution in [1.29, 1.82) is 0 Å². The van der Waals surface area contributed by atoms with Crippen LogP contribution in [0.3, 0.4) is 0 Å². The van der Waals surface area contributed by atoms with Gasteiger partial charge in [0.2, 0.25) is 0 Å². The van der Waals surface area contributed by atoms with Crippen LogP contribution in [0.5, 0.6) is 0 Å². The van der Waals surface area contributed by atoms with E-state index < -0.39 is 0 Å². The van der Waals surface area contributed by atoms with Gasteiger partial charge in [-0.15, -0.1) is 11.3 Å². The van der Waals surface area contributed by atoms with Crippen molar-refractivity contribution in [2.45, 2.75) is 46.2 Å². The second kappa shape index (κ2) is 5.47. The molecule has 0 aliphatic rings. The van der Waals surface area contributed by atoms with Gasteiger partial charge in [0.25, 0.3) is 0 Å². The predicted molar refractivity (Wildman–Crippen MR) is 62.6 cm³/mol. The summed E-state index contributed by atoms with van der Waals surface area (Å²) < 4.78 is 0. The van der Waals surface area contributed by atoms with Crippen LogP contribution in [0.4, 0.5) is 0 Å². The number of aromatic nitrogens is 1. The first kappa shape index (κ1) is 11.7. The van der Waals surface area contributed by atoms with E-state index in [1.54, 1.807) is 11.3 Å². The average Bonchev–Trinajstić information content (AvgIpc) is 2.65. The zero-order valence-corrected chi connectivity index (χ0v) is 10.3. The first-order valence-corrected chi connectivity index (χ1v) is 6.18. The SMILES string of the molecule is CCC(NC(C)c1nccs1)C(C)C. The Bertz CT molecular complexity index is 244. The van der Waals surface area contributed by atoms with E-state index in [0.717, 1.165) is 0 Å². The van der Waals surface area contributed by atoms with Gasteiger partial charge in [-0.1, -0.05) is 20.8 Å². The molecule has 1 heterocycles. The second-order valence-electron chi connectivity index (χ2n) is 4.02. The summed E-state index contributed by atoms with van der Waals surface area (Å²) in [5.41, 5.74) is 0. The largest absolute Gasteiger partial charge is 0.305 e. The van der Waals surface area contributed by atoms with Crippen LogP contribution in [0.25, 0.3) is 0 Å². The molecule has 14 heavy (non-hydrogen) atoms. The highest BCUT2D eigenvalue weighted by Crippen LogP contribution is 2.17. The molecule has 0 radical (unpaired) electrons. The van der Waals surface area contributed by atoms with Crippen molar-refractivity contribution in [2.24, 2.45) is 5.92 Å². The maximum Gasteiger partial charge on any atom is 0.109 e. The normalized spacial score (nSPS) is 15.8. The van der Waals surface area contributed by atoms with Crippen molar-refractivity contribution in [3.05, 3.63) is 16.6 Å². The zero-order chi connectivity index (χ0) is 10.6. The van der Waals surface area contributed by atoms with E-state index in [2.05, 4.69) is 38.0 Å². The monoisotopic (exact) mass is 212 g/mol. The van der Waals surface area contributed by atoms with Gasteiger partial charge < -0.3 is 5.32 Å². The van der Waals surface area contributed by atoms with E-state index in [9.17, 15) is 0 Å². The van der Waals surface area contributed by atoms with Gasteiger partial charge in [-0.05, 0) is 19.3 Å². The van der Waals surface area contributed by atoms with E-state index in [-0.39, 0.29) is 0 Å². The van der Waals surface area contributed by atoms with Crippen LogP contribution in [-0.2, 0) is 0 Å². The molecule has 0 saturated carbocycles. The maximum absolute atomic E-state index is 4.32. The van der Waals surface area contributed by atoms with Crippen molar-refractivity contribution in [1.82, 2.24) is 10.3 Å². The molecule has 1 aromatic rings. The molecule has 0 spiro atoms. The minimum atomic E-state index is 0.377. The number of rotatable bonds is 5. The Hall–Kier alpha value is -0.410. The minimum absolute atomic E-state index is 0.377. The maximum atomic E-state index is 4.32. The van der Waals surface area contributed by atoms with Crippen LogP contribution < -0.4 is 5.32 Å². The van der Waals surface area contributed by atoms with Gasteiger partial charge in [-0.3, -0.25) is 0 Å². The molecule has 0 aliphatic carbocycles. The lowest BCUT2D eigenvalue weighted by atomic mass is 10.0. The summed E-state index contributed by atoms with van der Waals surface area (Å²) in [6.45, 7) is 8.93. The second-order valence-corrected chi connectivity index (χ2v) is 4.94. The van der Waals surface area contributed by atoms with E-state index >= 15 is 0 Å². The average molecular weight is 212 g/mol. The van der Waals surface area contributed by atoms with Gasteiger partial charge in [0.15, 0.2) is 0 Å². The van der Waals surface area contributed by atoms with Crippen molar-refractivity contribution in [3.63, 3.8) is 0 Å².